The van der Waals surface area contributed by atoms with E-state index in [0.29, 0.717) is 18.4 Å². The van der Waals surface area contributed by atoms with E-state index in [1.165, 1.54) is 0 Å². The Labute approximate surface area is 121 Å². The molecule has 19 heavy (non-hydrogen) atoms. The first-order valence-corrected chi connectivity index (χ1v) is 7.08. The lowest BCUT2D eigenvalue weighted by molar-refractivity contribution is -0.156. The summed E-state index contributed by atoms with van der Waals surface area (Å²) in [6.07, 6.45) is 1.12. The number of aryl methyl sites for hydroxylation is 1. The third kappa shape index (κ3) is 2.73. The summed E-state index contributed by atoms with van der Waals surface area (Å²) in [5.74, 6) is -0.705. The molecule has 2 rings (SSSR count). The molecule has 0 amide bonds. The maximum absolute atomic E-state index is 12.5. The van der Waals surface area contributed by atoms with Crippen LogP contribution in [0.25, 0.3) is 0 Å². The molecule has 0 spiro atoms. The third-order valence-corrected chi connectivity index (χ3v) is 4.16. The van der Waals surface area contributed by atoms with Crippen molar-refractivity contribution in [2.24, 2.45) is 0 Å². The van der Waals surface area contributed by atoms with E-state index in [2.05, 4.69) is 15.9 Å². The lowest BCUT2D eigenvalue weighted by Gasteiger charge is -2.32. The van der Waals surface area contributed by atoms with E-state index >= 15 is 0 Å². The number of hydrogen-bond acceptors (Lipinski definition) is 3. The van der Waals surface area contributed by atoms with Crippen molar-refractivity contribution in [2.75, 3.05) is 0 Å². The molecule has 1 unspecified atom stereocenters. The molecule has 0 saturated carbocycles. The van der Waals surface area contributed by atoms with Crippen LogP contribution in [0, 0.1) is 0 Å². The van der Waals surface area contributed by atoms with Crippen LogP contribution in [0.4, 0.5) is 0 Å². The maximum atomic E-state index is 12.5. The Morgan fingerprint density at radius 2 is 1.95 bits per heavy atom. The number of Topliss-reactive ketones (excluding diaryl/α,β-unsaturated/α-hetero) is 1. The molecule has 0 bridgehead atoms. The first-order valence-electron chi connectivity index (χ1n) is 6.29. The second kappa shape index (κ2) is 4.75. The molecule has 0 radical (unpaired) electrons. The molecule has 1 aliphatic carbocycles. The number of benzene rings is 1. The number of rotatable bonds is 1. The Bertz CT molecular complexity index is 530. The topological polar surface area (TPSA) is 43.4 Å². The predicted molar refractivity (Wildman–Crippen MR) is 76.6 cm³/mol. The van der Waals surface area contributed by atoms with Gasteiger partial charge in [0.15, 0.2) is 10.1 Å². The van der Waals surface area contributed by atoms with Crippen LogP contribution in [0.3, 0.4) is 0 Å². The number of carbonyl (C=O) groups is 2. The SMILES string of the molecule is CC(C)(C)OC(=O)C1(Br)CCc2ccccc2C1=O. The van der Waals surface area contributed by atoms with Crippen LogP contribution in [0.5, 0.6) is 0 Å². The number of esters is 1. The van der Waals surface area contributed by atoms with Gasteiger partial charge in [0.1, 0.15) is 5.60 Å². The van der Waals surface area contributed by atoms with Gasteiger partial charge in [-0.15, -0.1) is 0 Å². The number of halogens is 1. The van der Waals surface area contributed by atoms with Gasteiger partial charge in [0, 0.05) is 5.56 Å². The van der Waals surface area contributed by atoms with Gasteiger partial charge >= 0.3 is 5.97 Å². The van der Waals surface area contributed by atoms with Gasteiger partial charge < -0.3 is 4.74 Å². The number of carbonyl (C=O) groups excluding carboxylic acids is 2. The summed E-state index contributed by atoms with van der Waals surface area (Å²) in [5, 5.41) is 0. The highest BCUT2D eigenvalue weighted by molar-refractivity contribution is 9.10. The molecule has 0 aromatic heterocycles. The van der Waals surface area contributed by atoms with E-state index < -0.39 is 15.9 Å². The molecular weight excluding hydrogens is 308 g/mol. The van der Waals surface area contributed by atoms with Crippen LogP contribution < -0.4 is 0 Å². The molecule has 0 fully saturated rings. The number of ketones is 1. The first-order chi connectivity index (χ1) is 8.74. The smallest absolute Gasteiger partial charge is 0.331 e. The van der Waals surface area contributed by atoms with Crippen molar-refractivity contribution in [3.63, 3.8) is 0 Å². The predicted octanol–water partition coefficient (Wildman–Crippen LogP) is 3.29. The number of ether oxygens (including phenoxy) is 1. The Hall–Kier alpha value is -1.16. The van der Waals surface area contributed by atoms with Crippen molar-refractivity contribution in [1.82, 2.24) is 0 Å². The van der Waals surface area contributed by atoms with Crippen molar-refractivity contribution < 1.29 is 14.3 Å². The Morgan fingerprint density at radius 3 is 2.58 bits per heavy atom. The van der Waals surface area contributed by atoms with Crippen molar-refractivity contribution in [2.45, 2.75) is 43.5 Å². The highest BCUT2D eigenvalue weighted by Gasteiger charge is 2.49. The quantitative estimate of drug-likeness (QED) is 0.452. The average molecular weight is 325 g/mol. The lowest BCUT2D eigenvalue weighted by Crippen LogP contribution is -2.47. The van der Waals surface area contributed by atoms with Gasteiger partial charge in [-0.3, -0.25) is 9.59 Å². The zero-order chi connectivity index (χ0) is 14.3. The van der Waals surface area contributed by atoms with Crippen molar-refractivity contribution in [3.05, 3.63) is 35.4 Å². The van der Waals surface area contributed by atoms with Gasteiger partial charge in [-0.25, -0.2) is 0 Å². The van der Waals surface area contributed by atoms with E-state index in [1.807, 2.05) is 18.2 Å². The van der Waals surface area contributed by atoms with E-state index in [4.69, 9.17) is 4.74 Å². The summed E-state index contributed by atoms with van der Waals surface area (Å²) in [6, 6.07) is 7.40. The number of alkyl halides is 1. The van der Waals surface area contributed by atoms with Gasteiger partial charge in [-0.2, -0.15) is 0 Å². The highest BCUT2D eigenvalue weighted by atomic mass is 79.9. The average Bonchev–Trinajstić information content (AvgIpc) is 2.32. The zero-order valence-corrected chi connectivity index (χ0v) is 12.9. The van der Waals surface area contributed by atoms with Crippen LogP contribution in [-0.2, 0) is 16.0 Å². The molecule has 102 valence electrons. The van der Waals surface area contributed by atoms with Crippen LogP contribution in [0.1, 0.15) is 43.1 Å². The fraction of sp³-hybridized carbons (Fsp3) is 0.467. The minimum Gasteiger partial charge on any atom is -0.459 e. The molecule has 0 N–H and O–H groups in total. The second-order valence-corrected chi connectivity index (χ2v) is 7.14. The first kappa shape index (κ1) is 14.3. The van der Waals surface area contributed by atoms with Gasteiger partial charge in [-0.05, 0) is 39.2 Å². The summed E-state index contributed by atoms with van der Waals surface area (Å²) in [4.78, 5) is 24.8. The normalized spacial score (nSPS) is 22.8. The van der Waals surface area contributed by atoms with E-state index in [1.54, 1.807) is 26.8 Å². The van der Waals surface area contributed by atoms with Crippen molar-refractivity contribution >= 4 is 27.7 Å². The molecule has 1 atom stereocenters. The molecule has 1 aliphatic rings. The Kier molecular flexibility index (Phi) is 3.56. The molecule has 0 heterocycles. The summed E-state index contributed by atoms with van der Waals surface area (Å²) >= 11 is 3.33. The van der Waals surface area contributed by atoms with Gasteiger partial charge in [0.25, 0.3) is 0 Å². The van der Waals surface area contributed by atoms with Gasteiger partial charge in [-0.1, -0.05) is 40.2 Å². The third-order valence-electron chi connectivity index (χ3n) is 3.08. The lowest BCUT2D eigenvalue weighted by atomic mass is 9.82. The molecule has 1 aromatic carbocycles. The van der Waals surface area contributed by atoms with E-state index in [0.717, 1.165) is 5.56 Å². The van der Waals surface area contributed by atoms with Gasteiger partial charge in [0.05, 0.1) is 0 Å². The standard InChI is InChI=1S/C15H17BrO3/c1-14(2,3)19-13(18)15(16)9-8-10-6-4-5-7-11(10)12(15)17/h4-7H,8-9H2,1-3H3. The minimum absolute atomic E-state index is 0.205. The van der Waals surface area contributed by atoms with Crippen LogP contribution in [0.15, 0.2) is 24.3 Å². The second-order valence-electron chi connectivity index (χ2n) is 5.79. The summed E-state index contributed by atoms with van der Waals surface area (Å²) < 4.78 is 4.12. The van der Waals surface area contributed by atoms with Crippen LogP contribution in [0.2, 0.25) is 0 Å². The monoisotopic (exact) mass is 324 g/mol. The molecule has 0 saturated heterocycles. The Morgan fingerprint density at radius 1 is 1.32 bits per heavy atom. The van der Waals surface area contributed by atoms with Gasteiger partial charge in [0.2, 0.25) is 0 Å². The highest BCUT2D eigenvalue weighted by Crippen LogP contribution is 2.37. The van der Waals surface area contributed by atoms with Crippen molar-refractivity contribution in [1.29, 1.82) is 0 Å². The summed E-state index contributed by atoms with van der Waals surface area (Å²) in [6.45, 7) is 5.38. The summed E-state index contributed by atoms with van der Waals surface area (Å²) in [5.41, 5.74) is 0.998. The minimum atomic E-state index is -1.24. The summed E-state index contributed by atoms with van der Waals surface area (Å²) in [7, 11) is 0. The fourth-order valence-electron chi connectivity index (χ4n) is 2.15. The number of hydrogen-bond donors (Lipinski definition) is 0. The van der Waals surface area contributed by atoms with E-state index in [-0.39, 0.29) is 5.78 Å². The molecule has 1 aromatic rings. The molecular formula is C15H17BrO3. The van der Waals surface area contributed by atoms with Crippen molar-refractivity contribution in [3.8, 4) is 0 Å². The Balaban J connectivity index is 2.32. The maximum Gasteiger partial charge on any atom is 0.331 e. The van der Waals surface area contributed by atoms with E-state index in [9.17, 15) is 9.59 Å². The largest absolute Gasteiger partial charge is 0.459 e. The number of fused-ring (bicyclic) bond motifs is 1. The molecule has 0 aliphatic heterocycles. The molecule has 4 heteroatoms. The zero-order valence-electron chi connectivity index (χ0n) is 11.3. The molecule has 3 nitrogen and oxygen atoms in total. The fourth-order valence-corrected chi connectivity index (χ4v) is 2.64. The van der Waals surface area contributed by atoms with Crippen LogP contribution >= 0.6 is 15.9 Å². The van der Waals surface area contributed by atoms with Crippen LogP contribution in [-0.4, -0.2) is 21.7 Å².